The monoisotopic (exact) mass is 298 g/mol. The van der Waals surface area contributed by atoms with Crippen LogP contribution in [0.4, 0.5) is 5.69 Å². The van der Waals surface area contributed by atoms with Gasteiger partial charge in [0.15, 0.2) is 0 Å². The summed E-state index contributed by atoms with van der Waals surface area (Å²) in [6.45, 7) is 3.98. The number of hydrogen-bond acceptors (Lipinski definition) is 3. The zero-order valence-corrected chi connectivity index (χ0v) is 13.0. The number of carboxylic acids is 1. The van der Waals surface area contributed by atoms with Crippen molar-refractivity contribution in [2.24, 2.45) is 5.92 Å². The van der Waals surface area contributed by atoms with Crippen molar-refractivity contribution < 1.29 is 9.90 Å². The Bertz CT molecular complexity index is 678. The Balaban J connectivity index is 1.83. The van der Waals surface area contributed by atoms with Gasteiger partial charge in [0.2, 0.25) is 0 Å². The topological polar surface area (TPSA) is 53.4 Å². The molecule has 1 unspecified atom stereocenters. The standard InChI is InChI=1S/C18H22N2O2/c1-13(18(21)22)11-15-6-5-14-12-16(7-8-17(14)19-15)20-9-3-2-4-10-20/h5-8,12-13H,2-4,9-11H2,1H3,(H,21,22). The molecule has 0 aliphatic carbocycles. The predicted molar refractivity (Wildman–Crippen MR) is 88.3 cm³/mol. The highest BCUT2D eigenvalue weighted by Crippen LogP contribution is 2.24. The summed E-state index contributed by atoms with van der Waals surface area (Å²) in [5.74, 6) is -1.18. The van der Waals surface area contributed by atoms with E-state index in [1.165, 1.54) is 24.9 Å². The third kappa shape index (κ3) is 3.21. The molecule has 2 aromatic rings. The Labute approximate surface area is 130 Å². The third-order valence-electron chi connectivity index (χ3n) is 4.39. The molecule has 0 saturated carbocycles. The summed E-state index contributed by atoms with van der Waals surface area (Å²) in [6.07, 6.45) is 4.33. The predicted octanol–water partition coefficient (Wildman–Crippen LogP) is 3.49. The summed E-state index contributed by atoms with van der Waals surface area (Å²) in [7, 11) is 0. The van der Waals surface area contributed by atoms with Crippen LogP contribution in [0.2, 0.25) is 0 Å². The number of aromatic nitrogens is 1. The van der Waals surface area contributed by atoms with E-state index in [1.807, 2.05) is 12.1 Å². The maximum absolute atomic E-state index is 11.0. The zero-order chi connectivity index (χ0) is 15.5. The van der Waals surface area contributed by atoms with Crippen molar-refractivity contribution in [1.29, 1.82) is 0 Å². The van der Waals surface area contributed by atoms with Crippen LogP contribution < -0.4 is 4.90 Å². The zero-order valence-electron chi connectivity index (χ0n) is 13.0. The van der Waals surface area contributed by atoms with Gasteiger partial charge in [-0.2, -0.15) is 0 Å². The molecule has 1 aromatic heterocycles. The first-order valence-electron chi connectivity index (χ1n) is 8.01. The SMILES string of the molecule is CC(Cc1ccc2cc(N3CCCCC3)ccc2n1)C(=O)O. The van der Waals surface area contributed by atoms with Gasteiger partial charge in [0.1, 0.15) is 0 Å². The molecular formula is C18H22N2O2. The maximum atomic E-state index is 11.0. The number of nitrogens with zero attached hydrogens (tertiary/aromatic N) is 2. The number of benzene rings is 1. The molecule has 1 aromatic carbocycles. The van der Waals surface area contributed by atoms with Gasteiger partial charge >= 0.3 is 5.97 Å². The fourth-order valence-electron chi connectivity index (χ4n) is 3.02. The van der Waals surface area contributed by atoms with Gasteiger partial charge < -0.3 is 10.0 Å². The first-order chi connectivity index (χ1) is 10.6. The summed E-state index contributed by atoms with van der Waals surface area (Å²) < 4.78 is 0. The van der Waals surface area contributed by atoms with Gasteiger partial charge in [0.25, 0.3) is 0 Å². The number of hydrogen-bond donors (Lipinski definition) is 1. The van der Waals surface area contributed by atoms with E-state index in [-0.39, 0.29) is 0 Å². The molecule has 1 aliphatic heterocycles. The second-order valence-electron chi connectivity index (χ2n) is 6.17. The molecule has 4 heteroatoms. The average Bonchev–Trinajstić information content (AvgIpc) is 2.55. The summed E-state index contributed by atoms with van der Waals surface area (Å²) >= 11 is 0. The van der Waals surface area contributed by atoms with Gasteiger partial charge in [-0.3, -0.25) is 9.78 Å². The van der Waals surface area contributed by atoms with Crippen molar-refractivity contribution >= 4 is 22.6 Å². The number of pyridine rings is 1. The molecule has 3 rings (SSSR count). The molecule has 4 nitrogen and oxygen atoms in total. The van der Waals surface area contributed by atoms with E-state index >= 15 is 0 Å². The van der Waals surface area contributed by atoms with Gasteiger partial charge in [-0.1, -0.05) is 13.0 Å². The largest absolute Gasteiger partial charge is 0.481 e. The quantitative estimate of drug-likeness (QED) is 0.938. The fourth-order valence-corrected chi connectivity index (χ4v) is 3.02. The van der Waals surface area contributed by atoms with Crippen molar-refractivity contribution in [2.75, 3.05) is 18.0 Å². The average molecular weight is 298 g/mol. The van der Waals surface area contributed by atoms with E-state index in [1.54, 1.807) is 6.92 Å². The fraction of sp³-hybridized carbons (Fsp3) is 0.444. The Morgan fingerprint density at radius 1 is 1.23 bits per heavy atom. The molecule has 1 aliphatic rings. The van der Waals surface area contributed by atoms with Crippen LogP contribution in [-0.2, 0) is 11.2 Å². The molecule has 2 heterocycles. The molecule has 1 fully saturated rings. The minimum absolute atomic E-state index is 0.405. The van der Waals surface area contributed by atoms with Crippen LogP contribution in [-0.4, -0.2) is 29.1 Å². The van der Waals surface area contributed by atoms with Crippen molar-refractivity contribution in [3.05, 3.63) is 36.0 Å². The van der Waals surface area contributed by atoms with E-state index in [9.17, 15) is 4.79 Å². The number of fused-ring (bicyclic) bond motifs is 1. The first kappa shape index (κ1) is 14.8. The number of aliphatic carboxylic acids is 1. The van der Waals surface area contributed by atoms with Crippen LogP contribution in [0, 0.1) is 5.92 Å². The smallest absolute Gasteiger partial charge is 0.306 e. The Morgan fingerprint density at radius 3 is 2.73 bits per heavy atom. The Morgan fingerprint density at radius 2 is 2.00 bits per heavy atom. The second kappa shape index (κ2) is 6.34. The molecule has 1 N–H and O–H groups in total. The minimum Gasteiger partial charge on any atom is -0.481 e. The highest BCUT2D eigenvalue weighted by Gasteiger charge is 2.14. The second-order valence-corrected chi connectivity index (χ2v) is 6.17. The molecule has 0 radical (unpaired) electrons. The van der Waals surface area contributed by atoms with Crippen LogP contribution in [0.3, 0.4) is 0 Å². The van der Waals surface area contributed by atoms with Gasteiger partial charge in [0.05, 0.1) is 11.4 Å². The van der Waals surface area contributed by atoms with E-state index in [0.29, 0.717) is 6.42 Å². The van der Waals surface area contributed by atoms with Gasteiger partial charge in [0, 0.05) is 36.3 Å². The number of carbonyl (C=O) groups is 1. The maximum Gasteiger partial charge on any atom is 0.306 e. The van der Waals surface area contributed by atoms with Crippen LogP contribution >= 0.6 is 0 Å². The van der Waals surface area contributed by atoms with E-state index in [2.05, 4.69) is 28.1 Å². The highest BCUT2D eigenvalue weighted by atomic mass is 16.4. The minimum atomic E-state index is -0.776. The van der Waals surface area contributed by atoms with Crippen molar-refractivity contribution in [3.63, 3.8) is 0 Å². The lowest BCUT2D eigenvalue weighted by Gasteiger charge is -2.29. The summed E-state index contributed by atoms with van der Waals surface area (Å²) in [4.78, 5) is 18.0. The lowest BCUT2D eigenvalue weighted by Crippen LogP contribution is -2.29. The number of piperidine rings is 1. The van der Waals surface area contributed by atoms with Crippen molar-refractivity contribution in [3.8, 4) is 0 Å². The van der Waals surface area contributed by atoms with Gasteiger partial charge in [-0.15, -0.1) is 0 Å². The lowest BCUT2D eigenvalue weighted by atomic mass is 10.0. The molecule has 22 heavy (non-hydrogen) atoms. The number of rotatable bonds is 4. The molecule has 0 amide bonds. The molecule has 1 atom stereocenters. The number of anilines is 1. The van der Waals surface area contributed by atoms with Crippen LogP contribution in [0.25, 0.3) is 10.9 Å². The summed E-state index contributed by atoms with van der Waals surface area (Å²) in [5.41, 5.74) is 3.05. The summed E-state index contributed by atoms with van der Waals surface area (Å²) in [5, 5.41) is 10.1. The van der Waals surface area contributed by atoms with E-state index in [4.69, 9.17) is 5.11 Å². The van der Waals surface area contributed by atoms with Crippen LogP contribution in [0.5, 0.6) is 0 Å². The third-order valence-corrected chi connectivity index (χ3v) is 4.39. The molecule has 0 spiro atoms. The van der Waals surface area contributed by atoms with Crippen LogP contribution in [0.1, 0.15) is 31.9 Å². The summed E-state index contributed by atoms with van der Waals surface area (Å²) in [6, 6.07) is 10.4. The Kier molecular flexibility index (Phi) is 4.27. The van der Waals surface area contributed by atoms with Crippen molar-refractivity contribution in [2.45, 2.75) is 32.6 Å². The van der Waals surface area contributed by atoms with Crippen LogP contribution in [0.15, 0.2) is 30.3 Å². The lowest BCUT2D eigenvalue weighted by molar-refractivity contribution is -0.141. The molecular weight excluding hydrogens is 276 g/mol. The molecule has 116 valence electrons. The van der Waals surface area contributed by atoms with E-state index in [0.717, 1.165) is 29.7 Å². The van der Waals surface area contributed by atoms with Gasteiger partial charge in [-0.05, 0) is 43.5 Å². The van der Waals surface area contributed by atoms with Crippen molar-refractivity contribution in [1.82, 2.24) is 4.98 Å². The van der Waals surface area contributed by atoms with E-state index < -0.39 is 11.9 Å². The number of carboxylic acid groups (broad SMARTS) is 1. The van der Waals surface area contributed by atoms with Gasteiger partial charge in [-0.25, -0.2) is 0 Å². The normalized spacial score (nSPS) is 16.7. The first-order valence-corrected chi connectivity index (χ1v) is 8.01. The molecule has 1 saturated heterocycles. The molecule has 0 bridgehead atoms. The highest BCUT2D eigenvalue weighted by molar-refractivity contribution is 5.83. The Hall–Kier alpha value is -2.10.